The molecule has 2 fully saturated rings. The van der Waals surface area contributed by atoms with Gasteiger partial charge in [0.15, 0.2) is 0 Å². The van der Waals surface area contributed by atoms with E-state index in [-0.39, 0.29) is 0 Å². The summed E-state index contributed by atoms with van der Waals surface area (Å²) < 4.78 is 25.7. The third-order valence-electron chi connectivity index (χ3n) is 3.68. The van der Waals surface area contributed by atoms with Gasteiger partial charge in [0.25, 0.3) is 0 Å². The van der Waals surface area contributed by atoms with Crippen molar-refractivity contribution in [3.8, 4) is 0 Å². The minimum absolute atomic E-state index is 0.413. The molecule has 0 aromatic heterocycles. The maximum atomic E-state index is 12.2. The molecule has 0 N–H and O–H groups in total. The van der Waals surface area contributed by atoms with Gasteiger partial charge in [-0.05, 0) is 32.1 Å². The molecular weight excluding hydrogens is 278 g/mol. The minimum atomic E-state index is -3.03. The van der Waals surface area contributed by atoms with E-state index in [9.17, 15) is 8.42 Å². The Labute approximate surface area is 100 Å². The molecule has 15 heavy (non-hydrogen) atoms. The monoisotopic (exact) mass is 295 g/mol. The first-order valence-electron chi connectivity index (χ1n) is 5.50. The molecule has 2 atom stereocenters. The van der Waals surface area contributed by atoms with Crippen LogP contribution in [0.2, 0.25) is 0 Å². The highest BCUT2D eigenvalue weighted by Crippen LogP contribution is 2.45. The second kappa shape index (κ2) is 3.70. The van der Waals surface area contributed by atoms with Crippen molar-refractivity contribution in [1.29, 1.82) is 0 Å². The Balaban J connectivity index is 2.12. The molecule has 0 amide bonds. The average Bonchev–Trinajstić information content (AvgIpc) is 2.90. The van der Waals surface area contributed by atoms with E-state index < -0.39 is 14.8 Å². The van der Waals surface area contributed by atoms with E-state index >= 15 is 0 Å². The van der Waals surface area contributed by atoms with Crippen molar-refractivity contribution in [3.05, 3.63) is 0 Å². The first-order valence-corrected chi connectivity index (χ1v) is 7.86. The Morgan fingerprint density at radius 3 is 2.47 bits per heavy atom. The van der Waals surface area contributed by atoms with E-state index in [1.54, 1.807) is 4.31 Å². The molecule has 88 valence electrons. The van der Waals surface area contributed by atoms with Crippen molar-refractivity contribution in [2.24, 2.45) is 5.92 Å². The van der Waals surface area contributed by atoms with E-state index in [0.717, 1.165) is 19.3 Å². The predicted molar refractivity (Wildman–Crippen MR) is 64.6 cm³/mol. The fourth-order valence-corrected chi connectivity index (χ4v) is 4.43. The van der Waals surface area contributed by atoms with Crippen molar-refractivity contribution in [2.75, 3.05) is 13.1 Å². The van der Waals surface area contributed by atoms with E-state index in [1.165, 1.54) is 0 Å². The number of nitrogens with zero attached hydrogens (tertiary/aromatic N) is 1. The predicted octanol–water partition coefficient (Wildman–Crippen LogP) is 1.97. The largest absolute Gasteiger partial charge is 0.219 e. The quantitative estimate of drug-likeness (QED) is 0.731. The highest BCUT2D eigenvalue weighted by molar-refractivity contribution is 9.09. The van der Waals surface area contributed by atoms with E-state index in [0.29, 0.717) is 23.8 Å². The van der Waals surface area contributed by atoms with Crippen LogP contribution < -0.4 is 0 Å². The van der Waals surface area contributed by atoms with Gasteiger partial charge in [-0.1, -0.05) is 22.9 Å². The van der Waals surface area contributed by atoms with Crippen LogP contribution in [-0.2, 0) is 10.0 Å². The van der Waals surface area contributed by atoms with Crippen LogP contribution in [0.25, 0.3) is 0 Å². The summed E-state index contributed by atoms with van der Waals surface area (Å²) in [5.41, 5.74) is 0. The Morgan fingerprint density at radius 1 is 1.40 bits per heavy atom. The molecule has 5 heteroatoms. The second-order valence-corrected chi connectivity index (χ2v) is 8.72. The highest BCUT2D eigenvalue weighted by Gasteiger charge is 2.53. The maximum Gasteiger partial charge on any atom is 0.219 e. The first kappa shape index (κ1) is 11.9. The van der Waals surface area contributed by atoms with Crippen molar-refractivity contribution in [2.45, 2.75) is 42.7 Å². The smallest absolute Gasteiger partial charge is 0.212 e. The number of halogens is 1. The van der Waals surface area contributed by atoms with Crippen LogP contribution >= 0.6 is 15.9 Å². The summed E-state index contributed by atoms with van der Waals surface area (Å²) in [5, 5.41) is 0. The van der Waals surface area contributed by atoms with Gasteiger partial charge in [-0.25, -0.2) is 12.7 Å². The van der Waals surface area contributed by atoms with Crippen LogP contribution in [0.1, 0.15) is 33.1 Å². The van der Waals surface area contributed by atoms with Crippen molar-refractivity contribution in [3.63, 3.8) is 0 Å². The zero-order valence-electron chi connectivity index (χ0n) is 9.24. The molecule has 1 aliphatic heterocycles. The van der Waals surface area contributed by atoms with Gasteiger partial charge in [-0.3, -0.25) is 0 Å². The van der Waals surface area contributed by atoms with E-state index in [2.05, 4.69) is 22.9 Å². The number of hydrogen-bond acceptors (Lipinski definition) is 2. The average molecular weight is 296 g/mol. The van der Waals surface area contributed by atoms with Gasteiger partial charge in [-0.2, -0.15) is 0 Å². The molecule has 1 saturated heterocycles. The Morgan fingerprint density at radius 2 is 2.00 bits per heavy atom. The molecule has 2 rings (SSSR count). The number of sulfonamides is 1. The van der Waals surface area contributed by atoms with Crippen molar-refractivity contribution >= 4 is 26.0 Å². The minimum Gasteiger partial charge on any atom is -0.212 e. The molecule has 0 bridgehead atoms. The lowest BCUT2D eigenvalue weighted by molar-refractivity contribution is 0.288. The summed E-state index contributed by atoms with van der Waals surface area (Å²) in [4.78, 5) is 0.468. The second-order valence-electron chi connectivity index (χ2n) is 5.09. The topological polar surface area (TPSA) is 37.4 Å². The lowest BCUT2D eigenvalue weighted by Gasteiger charge is -2.35. The lowest BCUT2D eigenvalue weighted by Crippen LogP contribution is -2.47. The van der Waals surface area contributed by atoms with Gasteiger partial charge in [0.05, 0.1) is 4.75 Å². The van der Waals surface area contributed by atoms with Crippen molar-refractivity contribution < 1.29 is 8.42 Å². The fourth-order valence-electron chi connectivity index (χ4n) is 2.04. The van der Waals surface area contributed by atoms with Crippen LogP contribution in [0.15, 0.2) is 0 Å². The maximum absolute atomic E-state index is 12.2. The zero-order chi connectivity index (χ0) is 11.3. The van der Waals surface area contributed by atoms with Gasteiger partial charge in [0.1, 0.15) is 0 Å². The molecule has 2 unspecified atom stereocenters. The van der Waals surface area contributed by atoms with Crippen LogP contribution in [0, 0.1) is 5.92 Å². The van der Waals surface area contributed by atoms with Gasteiger partial charge >= 0.3 is 0 Å². The summed E-state index contributed by atoms with van der Waals surface area (Å²) in [5.74, 6) is 0.413. The van der Waals surface area contributed by atoms with Crippen LogP contribution in [0.5, 0.6) is 0 Å². The molecule has 0 aromatic rings. The van der Waals surface area contributed by atoms with Crippen LogP contribution in [-0.4, -0.2) is 35.4 Å². The third kappa shape index (κ3) is 1.98. The molecule has 3 nitrogen and oxygen atoms in total. The molecule has 1 saturated carbocycles. The summed E-state index contributed by atoms with van der Waals surface area (Å²) >= 11 is 3.59. The van der Waals surface area contributed by atoms with Gasteiger partial charge in [0, 0.05) is 17.9 Å². The highest BCUT2D eigenvalue weighted by atomic mass is 79.9. The van der Waals surface area contributed by atoms with Crippen LogP contribution in [0.4, 0.5) is 0 Å². The van der Waals surface area contributed by atoms with E-state index in [1.807, 2.05) is 6.92 Å². The summed E-state index contributed by atoms with van der Waals surface area (Å²) in [6, 6.07) is 0. The summed E-state index contributed by atoms with van der Waals surface area (Å²) in [6.07, 6.45) is 2.59. The molecule has 0 aromatic carbocycles. The molecule has 2 aliphatic rings. The zero-order valence-corrected chi connectivity index (χ0v) is 11.6. The van der Waals surface area contributed by atoms with Crippen molar-refractivity contribution in [1.82, 2.24) is 4.31 Å². The normalized spacial score (nSPS) is 36.5. The third-order valence-corrected chi connectivity index (χ3v) is 7.71. The summed E-state index contributed by atoms with van der Waals surface area (Å²) in [7, 11) is -3.03. The summed E-state index contributed by atoms with van der Waals surface area (Å²) in [6.45, 7) is 5.33. The number of piperidine rings is 1. The van der Waals surface area contributed by atoms with Gasteiger partial charge in [-0.15, -0.1) is 0 Å². The molecular formula is C10H18BrNO2S. The standard InChI is InChI=1S/C10H18BrNO2S/c1-8-7-12(6-3-9(8)11)15(13,14)10(2)4-5-10/h8-9H,3-7H2,1-2H3. The van der Waals surface area contributed by atoms with E-state index in [4.69, 9.17) is 0 Å². The fraction of sp³-hybridized carbons (Fsp3) is 1.00. The molecule has 1 aliphatic carbocycles. The van der Waals surface area contributed by atoms with Crippen LogP contribution in [0.3, 0.4) is 0 Å². The Hall–Kier alpha value is 0.390. The SMILES string of the molecule is CC1CN(S(=O)(=O)C2(C)CC2)CCC1Br. The number of rotatable bonds is 2. The van der Waals surface area contributed by atoms with Gasteiger partial charge in [0.2, 0.25) is 10.0 Å². The molecule has 0 radical (unpaired) electrons. The number of hydrogen-bond donors (Lipinski definition) is 0. The molecule has 1 heterocycles. The lowest BCUT2D eigenvalue weighted by atomic mass is 10.0. The van der Waals surface area contributed by atoms with Gasteiger partial charge < -0.3 is 0 Å². The molecule has 0 spiro atoms. The Kier molecular flexibility index (Phi) is 2.93. The Bertz CT molecular complexity index is 350. The number of alkyl halides is 1. The first-order chi connectivity index (χ1) is 6.87.